The van der Waals surface area contributed by atoms with Crippen LogP contribution in [0.3, 0.4) is 0 Å². The van der Waals surface area contributed by atoms with Crippen LogP contribution in [0.4, 0.5) is 4.79 Å². The third kappa shape index (κ3) is 3.05. The van der Waals surface area contributed by atoms with Crippen LogP contribution in [-0.4, -0.2) is 41.1 Å². The molecule has 0 aromatic carbocycles. The number of hydrogen-bond donors (Lipinski definition) is 3. The van der Waals surface area contributed by atoms with E-state index >= 15 is 0 Å². The van der Waals surface area contributed by atoms with Crippen molar-refractivity contribution < 1.29 is 10.0 Å². The van der Waals surface area contributed by atoms with Crippen LogP contribution in [0.5, 0.6) is 0 Å². The predicted molar refractivity (Wildman–Crippen MR) is 68.4 cm³/mol. The van der Waals surface area contributed by atoms with Crippen molar-refractivity contribution in [2.45, 2.75) is 38.6 Å². The van der Waals surface area contributed by atoms with Gasteiger partial charge in [-0.15, -0.1) is 0 Å². The van der Waals surface area contributed by atoms with Crippen LogP contribution < -0.4 is 11.1 Å². The number of urea groups is 1. The summed E-state index contributed by atoms with van der Waals surface area (Å²) in [4.78, 5) is 14.0. The van der Waals surface area contributed by atoms with Gasteiger partial charge in [0.05, 0.1) is 6.04 Å². The van der Waals surface area contributed by atoms with E-state index in [2.05, 4.69) is 17.4 Å². The third-order valence-electron chi connectivity index (χ3n) is 3.75. The minimum absolute atomic E-state index is 0.0925. The molecule has 102 valence electrons. The molecule has 0 aromatic heterocycles. The first kappa shape index (κ1) is 13.0. The normalized spacial score (nSPS) is 26.8. The zero-order valence-electron chi connectivity index (χ0n) is 10.8. The molecule has 1 aliphatic carbocycles. The van der Waals surface area contributed by atoms with Gasteiger partial charge in [-0.05, 0) is 37.5 Å². The fourth-order valence-electron chi connectivity index (χ4n) is 2.52. The van der Waals surface area contributed by atoms with Gasteiger partial charge in [0.25, 0.3) is 0 Å². The van der Waals surface area contributed by atoms with Gasteiger partial charge in [-0.25, -0.2) is 4.79 Å². The Balaban J connectivity index is 1.92. The minimum atomic E-state index is -0.320. The van der Waals surface area contributed by atoms with Crippen molar-refractivity contribution in [1.82, 2.24) is 10.2 Å². The van der Waals surface area contributed by atoms with E-state index in [1.807, 2.05) is 4.90 Å². The smallest absolute Gasteiger partial charge is 0.318 e. The Kier molecular flexibility index (Phi) is 3.93. The number of oxime groups is 1. The van der Waals surface area contributed by atoms with Gasteiger partial charge in [-0.3, -0.25) is 0 Å². The Hall–Kier alpha value is -1.46. The van der Waals surface area contributed by atoms with Gasteiger partial charge in [0.1, 0.15) is 0 Å². The largest absolute Gasteiger partial charge is 0.409 e. The van der Waals surface area contributed by atoms with Gasteiger partial charge < -0.3 is 21.2 Å². The SMILES string of the molecule is CC1CCCN(C(=O)NC(C(N)=NO)C2CC2)C1. The summed E-state index contributed by atoms with van der Waals surface area (Å²) in [5.74, 6) is 0.982. The lowest BCUT2D eigenvalue weighted by molar-refractivity contribution is 0.167. The molecule has 2 aliphatic rings. The lowest BCUT2D eigenvalue weighted by Gasteiger charge is -2.32. The molecular weight excluding hydrogens is 232 g/mol. The highest BCUT2D eigenvalue weighted by Crippen LogP contribution is 2.32. The quantitative estimate of drug-likeness (QED) is 0.303. The standard InChI is InChI=1S/C12H22N4O2/c1-8-3-2-6-16(7-8)12(17)14-10(9-4-5-9)11(13)15-18/h8-10,18H,2-7H2,1H3,(H2,13,15)(H,14,17). The number of carbonyl (C=O) groups excluding carboxylic acids is 1. The number of nitrogens with one attached hydrogen (secondary N) is 1. The summed E-state index contributed by atoms with van der Waals surface area (Å²) in [5, 5.41) is 14.7. The molecule has 0 radical (unpaired) electrons. The molecule has 0 bridgehead atoms. The number of amidine groups is 1. The zero-order valence-corrected chi connectivity index (χ0v) is 10.8. The number of piperidine rings is 1. The number of carbonyl (C=O) groups is 1. The lowest BCUT2D eigenvalue weighted by atomic mass is 10.0. The Morgan fingerprint density at radius 3 is 2.78 bits per heavy atom. The van der Waals surface area contributed by atoms with Gasteiger partial charge in [0.2, 0.25) is 0 Å². The molecule has 2 unspecified atom stereocenters. The molecule has 2 rings (SSSR count). The molecule has 2 fully saturated rings. The molecule has 6 heteroatoms. The maximum absolute atomic E-state index is 12.1. The predicted octanol–water partition coefficient (Wildman–Crippen LogP) is 0.953. The van der Waals surface area contributed by atoms with Crippen LogP contribution in [0, 0.1) is 11.8 Å². The summed E-state index contributed by atoms with van der Waals surface area (Å²) < 4.78 is 0. The fraction of sp³-hybridized carbons (Fsp3) is 0.833. The van der Waals surface area contributed by atoms with Crippen LogP contribution in [0.25, 0.3) is 0 Å². The summed E-state index contributed by atoms with van der Waals surface area (Å²) in [6.45, 7) is 3.74. The number of hydrogen-bond acceptors (Lipinski definition) is 3. The number of likely N-dealkylation sites (tertiary alicyclic amines) is 1. The highest BCUT2D eigenvalue weighted by atomic mass is 16.4. The van der Waals surface area contributed by atoms with E-state index in [4.69, 9.17) is 10.9 Å². The molecule has 4 N–H and O–H groups in total. The van der Waals surface area contributed by atoms with Crippen molar-refractivity contribution in [3.8, 4) is 0 Å². The Morgan fingerprint density at radius 1 is 1.50 bits per heavy atom. The Labute approximate surface area is 107 Å². The maximum Gasteiger partial charge on any atom is 0.318 e. The van der Waals surface area contributed by atoms with E-state index in [0.29, 0.717) is 11.8 Å². The first-order valence-electron chi connectivity index (χ1n) is 6.64. The minimum Gasteiger partial charge on any atom is -0.409 e. The van der Waals surface area contributed by atoms with Gasteiger partial charge in [-0.1, -0.05) is 12.1 Å². The van der Waals surface area contributed by atoms with E-state index in [9.17, 15) is 4.79 Å². The number of rotatable bonds is 3. The molecule has 1 saturated carbocycles. The molecule has 1 saturated heterocycles. The van der Waals surface area contributed by atoms with Gasteiger partial charge in [0, 0.05) is 13.1 Å². The highest BCUT2D eigenvalue weighted by Gasteiger charge is 2.36. The second-order valence-corrected chi connectivity index (χ2v) is 5.48. The monoisotopic (exact) mass is 254 g/mol. The van der Waals surface area contributed by atoms with Crippen LogP contribution in [-0.2, 0) is 0 Å². The second kappa shape index (κ2) is 5.46. The summed E-state index contributed by atoms with van der Waals surface area (Å²) in [5.41, 5.74) is 5.63. The molecule has 2 amide bonds. The number of amides is 2. The van der Waals surface area contributed by atoms with Crippen LogP contribution in [0.1, 0.15) is 32.6 Å². The van der Waals surface area contributed by atoms with E-state index in [1.54, 1.807) is 0 Å². The molecule has 1 heterocycles. The molecule has 18 heavy (non-hydrogen) atoms. The van der Waals surface area contributed by atoms with Crippen molar-refractivity contribution in [1.29, 1.82) is 0 Å². The van der Waals surface area contributed by atoms with E-state index < -0.39 is 0 Å². The van der Waals surface area contributed by atoms with Crippen molar-refractivity contribution in [2.75, 3.05) is 13.1 Å². The average Bonchev–Trinajstić information content (AvgIpc) is 3.19. The Bertz CT molecular complexity index is 341. The summed E-state index contributed by atoms with van der Waals surface area (Å²) in [6, 6.07) is -0.412. The molecule has 0 spiro atoms. The van der Waals surface area contributed by atoms with E-state index in [0.717, 1.165) is 32.4 Å². The fourth-order valence-corrected chi connectivity index (χ4v) is 2.52. The van der Waals surface area contributed by atoms with E-state index in [-0.39, 0.29) is 17.9 Å². The highest BCUT2D eigenvalue weighted by molar-refractivity contribution is 5.90. The van der Waals surface area contributed by atoms with Crippen molar-refractivity contribution in [3.63, 3.8) is 0 Å². The third-order valence-corrected chi connectivity index (χ3v) is 3.75. The molecular formula is C12H22N4O2. The first-order valence-corrected chi connectivity index (χ1v) is 6.64. The molecule has 2 atom stereocenters. The van der Waals surface area contributed by atoms with Gasteiger partial charge in [-0.2, -0.15) is 0 Å². The second-order valence-electron chi connectivity index (χ2n) is 5.48. The number of nitrogens with zero attached hydrogens (tertiary/aromatic N) is 2. The van der Waals surface area contributed by atoms with Crippen LogP contribution >= 0.6 is 0 Å². The van der Waals surface area contributed by atoms with Crippen molar-refractivity contribution in [3.05, 3.63) is 0 Å². The van der Waals surface area contributed by atoms with Gasteiger partial charge in [0.15, 0.2) is 5.84 Å². The van der Waals surface area contributed by atoms with Crippen molar-refractivity contribution >= 4 is 11.9 Å². The molecule has 6 nitrogen and oxygen atoms in total. The summed E-state index contributed by atoms with van der Waals surface area (Å²) >= 11 is 0. The topological polar surface area (TPSA) is 91.0 Å². The maximum atomic E-state index is 12.1. The summed E-state index contributed by atoms with van der Waals surface area (Å²) in [7, 11) is 0. The number of nitrogens with two attached hydrogens (primary N) is 1. The van der Waals surface area contributed by atoms with Crippen LogP contribution in [0.2, 0.25) is 0 Å². The zero-order chi connectivity index (χ0) is 13.1. The summed E-state index contributed by atoms with van der Waals surface area (Å²) in [6.07, 6.45) is 4.28. The lowest BCUT2D eigenvalue weighted by Crippen LogP contribution is -2.53. The van der Waals surface area contributed by atoms with E-state index in [1.165, 1.54) is 6.42 Å². The molecule has 1 aliphatic heterocycles. The molecule has 0 aromatic rings. The average molecular weight is 254 g/mol. The first-order chi connectivity index (χ1) is 8.61. The Morgan fingerprint density at radius 2 is 2.22 bits per heavy atom. The van der Waals surface area contributed by atoms with Crippen LogP contribution in [0.15, 0.2) is 5.16 Å². The van der Waals surface area contributed by atoms with Crippen molar-refractivity contribution in [2.24, 2.45) is 22.7 Å². The van der Waals surface area contributed by atoms with Gasteiger partial charge >= 0.3 is 6.03 Å².